The van der Waals surface area contributed by atoms with Crippen molar-refractivity contribution in [1.82, 2.24) is 34.7 Å². The Morgan fingerprint density at radius 2 is 1.95 bits per heavy atom. The molecule has 0 unspecified atom stereocenters. The molecule has 2 fully saturated rings. The van der Waals surface area contributed by atoms with Gasteiger partial charge in [-0.15, -0.1) is 5.10 Å². The normalized spacial score (nSPS) is 22.5. The second kappa shape index (κ2) is 5.22. The zero-order chi connectivity index (χ0) is 14.2. The summed E-state index contributed by atoms with van der Waals surface area (Å²) in [5.74, 6) is 1.03. The summed E-state index contributed by atoms with van der Waals surface area (Å²) >= 11 is 0. The maximum atomic E-state index is 4.27. The lowest BCUT2D eigenvalue weighted by Crippen LogP contribution is -2.37. The van der Waals surface area contributed by atoms with Crippen LogP contribution in [0.15, 0.2) is 18.7 Å². The van der Waals surface area contributed by atoms with Crippen LogP contribution in [0.5, 0.6) is 0 Å². The van der Waals surface area contributed by atoms with Gasteiger partial charge in [-0.2, -0.15) is 0 Å². The smallest absolute Gasteiger partial charge is 0.168 e. The van der Waals surface area contributed by atoms with Crippen LogP contribution < -0.4 is 0 Å². The fourth-order valence-corrected chi connectivity index (χ4v) is 3.27. The summed E-state index contributed by atoms with van der Waals surface area (Å²) in [7, 11) is 0. The topological polar surface area (TPSA) is 64.7 Å². The Hall–Kier alpha value is -1.76. The van der Waals surface area contributed by atoms with Crippen molar-refractivity contribution in [2.75, 3.05) is 13.1 Å². The maximum absolute atomic E-state index is 4.27. The number of rotatable bonds is 4. The number of nitrogens with zero attached hydrogens (tertiary/aromatic N) is 7. The van der Waals surface area contributed by atoms with Crippen LogP contribution in [0.1, 0.15) is 56.6 Å². The highest BCUT2D eigenvalue weighted by atomic mass is 15.6. The van der Waals surface area contributed by atoms with Crippen molar-refractivity contribution in [2.45, 2.75) is 50.7 Å². The summed E-state index contributed by atoms with van der Waals surface area (Å²) in [4.78, 5) is 6.65. The van der Waals surface area contributed by atoms with Gasteiger partial charge in [-0.3, -0.25) is 4.90 Å². The van der Waals surface area contributed by atoms with Gasteiger partial charge in [0.05, 0.1) is 18.4 Å². The Labute approximate surface area is 124 Å². The fraction of sp³-hybridized carbons (Fsp3) is 0.714. The van der Waals surface area contributed by atoms with Crippen LogP contribution in [0.2, 0.25) is 0 Å². The number of hydrogen-bond donors (Lipinski definition) is 0. The molecular formula is C14H21N7. The van der Waals surface area contributed by atoms with Crippen LogP contribution in [0, 0.1) is 0 Å². The van der Waals surface area contributed by atoms with Crippen molar-refractivity contribution in [3.63, 3.8) is 0 Å². The predicted octanol–water partition coefficient (Wildman–Crippen LogP) is 1.60. The van der Waals surface area contributed by atoms with E-state index in [0.29, 0.717) is 18.1 Å². The van der Waals surface area contributed by atoms with Gasteiger partial charge in [-0.1, -0.05) is 0 Å². The SMILES string of the molecule is C[C@H](c1nnnn1C1CC1)N1CCC(n2ccnc2)CC1. The monoisotopic (exact) mass is 287 g/mol. The molecule has 7 heteroatoms. The zero-order valence-electron chi connectivity index (χ0n) is 12.3. The summed E-state index contributed by atoms with van der Waals surface area (Å²) in [6.45, 7) is 4.39. The lowest BCUT2D eigenvalue weighted by molar-refractivity contribution is 0.135. The Kier molecular flexibility index (Phi) is 3.21. The van der Waals surface area contributed by atoms with E-state index in [-0.39, 0.29) is 0 Å². The van der Waals surface area contributed by atoms with E-state index in [1.165, 1.54) is 12.8 Å². The molecule has 1 saturated heterocycles. The largest absolute Gasteiger partial charge is 0.334 e. The third-order valence-corrected chi connectivity index (χ3v) is 4.78. The molecule has 2 aliphatic rings. The summed E-state index contributed by atoms with van der Waals surface area (Å²) in [6.07, 6.45) is 10.6. The Bertz CT molecular complexity index is 578. The van der Waals surface area contributed by atoms with Gasteiger partial charge in [-0.25, -0.2) is 9.67 Å². The Morgan fingerprint density at radius 1 is 1.14 bits per heavy atom. The first-order valence-corrected chi connectivity index (χ1v) is 7.82. The van der Waals surface area contributed by atoms with Crippen molar-refractivity contribution in [1.29, 1.82) is 0 Å². The molecule has 3 heterocycles. The minimum absolute atomic E-state index is 0.296. The zero-order valence-corrected chi connectivity index (χ0v) is 12.3. The Balaban J connectivity index is 1.42. The van der Waals surface area contributed by atoms with Crippen molar-refractivity contribution in [2.24, 2.45) is 0 Å². The quantitative estimate of drug-likeness (QED) is 0.854. The second-order valence-corrected chi connectivity index (χ2v) is 6.17. The lowest BCUT2D eigenvalue weighted by Gasteiger charge is -2.35. The summed E-state index contributed by atoms with van der Waals surface area (Å²) in [6, 6.07) is 1.42. The molecule has 112 valence electrons. The number of hydrogen-bond acceptors (Lipinski definition) is 5. The van der Waals surface area contributed by atoms with Crippen LogP contribution in [-0.4, -0.2) is 47.7 Å². The molecule has 0 radical (unpaired) electrons. The number of imidazole rings is 1. The summed E-state index contributed by atoms with van der Waals surface area (Å²) in [5, 5.41) is 12.3. The molecular weight excluding hydrogens is 266 g/mol. The summed E-state index contributed by atoms with van der Waals surface area (Å²) < 4.78 is 4.27. The molecule has 21 heavy (non-hydrogen) atoms. The average Bonchev–Trinajstić information content (AvgIpc) is 3.05. The van der Waals surface area contributed by atoms with E-state index in [9.17, 15) is 0 Å². The van der Waals surface area contributed by atoms with Crippen LogP contribution in [0.25, 0.3) is 0 Å². The molecule has 1 aliphatic carbocycles. The standard InChI is InChI=1S/C14H21N7/c1-11(14-16-17-18-21(14)13-2-3-13)19-7-4-12(5-8-19)20-9-6-15-10-20/h6,9-13H,2-5,7-8H2,1H3/t11-/m1/s1. The third-order valence-electron chi connectivity index (χ3n) is 4.78. The molecule has 1 saturated carbocycles. The molecule has 7 nitrogen and oxygen atoms in total. The first-order valence-electron chi connectivity index (χ1n) is 7.82. The molecule has 2 aromatic rings. The highest BCUT2D eigenvalue weighted by molar-refractivity contribution is 4.97. The molecule has 1 atom stereocenters. The maximum Gasteiger partial charge on any atom is 0.168 e. The highest BCUT2D eigenvalue weighted by Crippen LogP contribution is 2.36. The molecule has 0 bridgehead atoms. The first-order chi connectivity index (χ1) is 10.3. The molecule has 0 spiro atoms. The van der Waals surface area contributed by atoms with Crippen LogP contribution >= 0.6 is 0 Å². The molecule has 1 aliphatic heterocycles. The first kappa shape index (κ1) is 12.9. The van der Waals surface area contributed by atoms with Crippen molar-refractivity contribution in [3.8, 4) is 0 Å². The van der Waals surface area contributed by atoms with Crippen molar-refractivity contribution >= 4 is 0 Å². The fourth-order valence-electron chi connectivity index (χ4n) is 3.27. The number of likely N-dealkylation sites (tertiary alicyclic amines) is 1. The van der Waals surface area contributed by atoms with Crippen LogP contribution in [-0.2, 0) is 0 Å². The van der Waals surface area contributed by atoms with E-state index in [4.69, 9.17) is 0 Å². The molecule has 4 rings (SSSR count). The number of tetrazole rings is 1. The van der Waals surface area contributed by atoms with E-state index in [1.54, 1.807) is 0 Å². The van der Waals surface area contributed by atoms with Gasteiger partial charge in [0.15, 0.2) is 5.82 Å². The van der Waals surface area contributed by atoms with E-state index in [1.807, 2.05) is 17.2 Å². The Morgan fingerprint density at radius 3 is 2.62 bits per heavy atom. The minimum Gasteiger partial charge on any atom is -0.334 e. The second-order valence-electron chi connectivity index (χ2n) is 6.17. The van der Waals surface area contributed by atoms with Crippen molar-refractivity contribution in [3.05, 3.63) is 24.5 Å². The van der Waals surface area contributed by atoms with Gasteiger partial charge >= 0.3 is 0 Å². The average molecular weight is 287 g/mol. The lowest BCUT2D eigenvalue weighted by atomic mass is 10.0. The van der Waals surface area contributed by atoms with Crippen LogP contribution in [0.4, 0.5) is 0 Å². The highest BCUT2D eigenvalue weighted by Gasteiger charge is 2.32. The number of piperidine rings is 1. The minimum atomic E-state index is 0.296. The van der Waals surface area contributed by atoms with E-state index >= 15 is 0 Å². The van der Waals surface area contributed by atoms with E-state index in [0.717, 1.165) is 31.8 Å². The number of aromatic nitrogens is 6. The summed E-state index contributed by atoms with van der Waals surface area (Å²) in [5.41, 5.74) is 0. The van der Waals surface area contributed by atoms with E-state index < -0.39 is 0 Å². The van der Waals surface area contributed by atoms with Crippen LogP contribution in [0.3, 0.4) is 0 Å². The molecule has 2 aromatic heterocycles. The third kappa shape index (κ3) is 2.46. The van der Waals surface area contributed by atoms with Gasteiger partial charge in [-0.05, 0) is 43.0 Å². The van der Waals surface area contributed by atoms with Gasteiger partial charge in [0, 0.05) is 31.5 Å². The van der Waals surface area contributed by atoms with Gasteiger partial charge < -0.3 is 4.57 Å². The predicted molar refractivity (Wildman–Crippen MR) is 76.6 cm³/mol. The molecule has 0 N–H and O–H groups in total. The van der Waals surface area contributed by atoms with Gasteiger partial charge in [0.2, 0.25) is 0 Å². The molecule has 0 aromatic carbocycles. The van der Waals surface area contributed by atoms with Gasteiger partial charge in [0.25, 0.3) is 0 Å². The van der Waals surface area contributed by atoms with Gasteiger partial charge in [0.1, 0.15) is 0 Å². The van der Waals surface area contributed by atoms with E-state index in [2.05, 4.69) is 43.1 Å². The van der Waals surface area contributed by atoms with Crippen molar-refractivity contribution < 1.29 is 0 Å². The molecule has 0 amide bonds.